The molecule has 4 nitrogen and oxygen atoms in total. The highest BCUT2D eigenvalue weighted by Crippen LogP contribution is 2.40. The molecule has 0 spiro atoms. The fourth-order valence-corrected chi connectivity index (χ4v) is 3.61. The summed E-state index contributed by atoms with van der Waals surface area (Å²) in [6.45, 7) is 5.92. The molecule has 24 heavy (non-hydrogen) atoms. The minimum Gasteiger partial charge on any atom is -0.352 e. The van der Waals surface area contributed by atoms with Crippen molar-refractivity contribution in [3.8, 4) is 0 Å². The summed E-state index contributed by atoms with van der Waals surface area (Å²) in [5.41, 5.74) is 1.28. The van der Waals surface area contributed by atoms with Gasteiger partial charge in [-0.25, -0.2) is 0 Å². The minimum atomic E-state index is -0.313. The van der Waals surface area contributed by atoms with Gasteiger partial charge < -0.3 is 15.7 Å². The van der Waals surface area contributed by atoms with E-state index in [-0.39, 0.29) is 16.6 Å². The van der Waals surface area contributed by atoms with Gasteiger partial charge in [0.05, 0.1) is 5.69 Å². The van der Waals surface area contributed by atoms with Gasteiger partial charge in [0, 0.05) is 22.5 Å². The number of carbonyl (C=O) groups is 1. The Bertz CT molecular complexity index is 705. The highest BCUT2D eigenvalue weighted by Gasteiger charge is 2.41. The predicted octanol–water partition coefficient (Wildman–Crippen LogP) is 4.18. The number of aromatic nitrogens is 1. The van der Waals surface area contributed by atoms with Crippen molar-refractivity contribution >= 4 is 22.9 Å². The van der Waals surface area contributed by atoms with Gasteiger partial charge in [-0.3, -0.25) is 4.79 Å². The number of nitrogens with one attached hydrogen (secondary N) is 3. The van der Waals surface area contributed by atoms with Crippen molar-refractivity contribution in [3.05, 3.63) is 36.0 Å². The van der Waals surface area contributed by atoms with E-state index in [1.54, 1.807) is 0 Å². The molecule has 3 rings (SSSR count). The molecule has 0 atom stereocenters. The van der Waals surface area contributed by atoms with Crippen LogP contribution >= 0.6 is 0 Å². The van der Waals surface area contributed by atoms with E-state index in [1.165, 1.54) is 6.21 Å². The number of hydrogen-bond acceptors (Lipinski definition) is 3. The molecule has 3 N–H and O–H groups in total. The molecule has 1 aliphatic rings. The summed E-state index contributed by atoms with van der Waals surface area (Å²) in [6.07, 6.45) is 4.95. The third-order valence-corrected chi connectivity index (χ3v) is 5.46. The summed E-state index contributed by atoms with van der Waals surface area (Å²) >= 11 is 0. The molecule has 128 valence electrons. The van der Waals surface area contributed by atoms with Crippen LogP contribution in [0, 0.1) is 16.2 Å². The van der Waals surface area contributed by atoms with E-state index in [1.807, 2.05) is 30.3 Å². The summed E-state index contributed by atoms with van der Waals surface area (Å²) in [4.78, 5) is 16.7. The first-order valence-corrected chi connectivity index (χ1v) is 8.81. The molecule has 1 aliphatic heterocycles. The monoisotopic (exact) mass is 325 g/mol. The Morgan fingerprint density at radius 2 is 2.00 bits per heavy atom. The maximum Gasteiger partial charge on any atom is 0.185 e. The van der Waals surface area contributed by atoms with E-state index in [0.29, 0.717) is 0 Å². The molecule has 4 heteroatoms. The molecule has 1 aromatic carbocycles. The molecule has 0 radical (unpaired) electrons. The first-order valence-electron chi connectivity index (χ1n) is 8.81. The van der Waals surface area contributed by atoms with Crippen molar-refractivity contribution in [2.45, 2.75) is 39.5 Å². The van der Waals surface area contributed by atoms with E-state index in [4.69, 9.17) is 5.41 Å². The second-order valence-electron chi connectivity index (χ2n) is 7.76. The van der Waals surface area contributed by atoms with Crippen LogP contribution in [0.3, 0.4) is 0 Å². The van der Waals surface area contributed by atoms with E-state index in [2.05, 4.69) is 24.1 Å². The minimum absolute atomic E-state index is 0.154. The number of para-hydroxylation sites is 1. The first kappa shape index (κ1) is 16.9. The van der Waals surface area contributed by atoms with Crippen LogP contribution in [0.15, 0.2) is 30.3 Å². The molecule has 2 aromatic rings. The lowest BCUT2D eigenvalue weighted by Crippen LogP contribution is -2.43. The fraction of sp³-hybridized carbons (Fsp3) is 0.500. The van der Waals surface area contributed by atoms with Gasteiger partial charge in [0.15, 0.2) is 5.78 Å². The average Bonchev–Trinajstić information content (AvgIpc) is 3.04. The standard InChI is InChI=1S/C20H27N3O/c1-19(2,14-21)7-8-20(9-11-22-12-10-20)18(24)17-13-15-5-3-4-6-16(15)23-17/h3-6,13-14,21-23H,7-12H2,1-2H3. The van der Waals surface area contributed by atoms with Gasteiger partial charge in [0.25, 0.3) is 0 Å². The lowest BCUT2D eigenvalue weighted by atomic mass is 9.68. The largest absolute Gasteiger partial charge is 0.352 e. The van der Waals surface area contributed by atoms with Crippen LogP contribution in [0.5, 0.6) is 0 Å². The maximum atomic E-state index is 13.4. The normalized spacial score (nSPS) is 17.8. The lowest BCUT2D eigenvalue weighted by Gasteiger charge is -2.37. The molecular formula is C20H27N3O. The number of ketones is 1. The van der Waals surface area contributed by atoms with Crippen LogP contribution in [-0.4, -0.2) is 30.1 Å². The lowest BCUT2D eigenvalue weighted by molar-refractivity contribution is 0.0682. The van der Waals surface area contributed by atoms with Crippen molar-refractivity contribution < 1.29 is 4.79 Å². The topological polar surface area (TPSA) is 68.7 Å². The zero-order valence-electron chi connectivity index (χ0n) is 14.6. The molecule has 2 heterocycles. The van der Waals surface area contributed by atoms with Gasteiger partial charge in [0.2, 0.25) is 0 Å². The van der Waals surface area contributed by atoms with E-state index >= 15 is 0 Å². The van der Waals surface area contributed by atoms with Gasteiger partial charge in [-0.1, -0.05) is 32.0 Å². The maximum absolute atomic E-state index is 13.4. The summed E-state index contributed by atoms with van der Waals surface area (Å²) in [6, 6.07) is 10.0. The zero-order valence-corrected chi connectivity index (χ0v) is 14.6. The Morgan fingerprint density at radius 1 is 1.29 bits per heavy atom. The number of hydrogen-bond donors (Lipinski definition) is 3. The van der Waals surface area contributed by atoms with Crippen LogP contribution in [0.25, 0.3) is 10.9 Å². The molecule has 0 saturated carbocycles. The van der Waals surface area contributed by atoms with Gasteiger partial charge in [-0.2, -0.15) is 0 Å². The molecule has 1 saturated heterocycles. The smallest absolute Gasteiger partial charge is 0.185 e. The van der Waals surface area contributed by atoms with Gasteiger partial charge in [0.1, 0.15) is 0 Å². The third kappa shape index (κ3) is 3.29. The van der Waals surface area contributed by atoms with E-state index in [0.717, 1.165) is 55.4 Å². The number of piperidine rings is 1. The van der Waals surface area contributed by atoms with Gasteiger partial charge in [-0.05, 0) is 56.3 Å². The Hall–Kier alpha value is -1.94. The number of H-pyrrole nitrogens is 1. The Kier molecular flexibility index (Phi) is 4.59. The van der Waals surface area contributed by atoms with Crippen molar-refractivity contribution in [2.24, 2.45) is 10.8 Å². The summed E-state index contributed by atoms with van der Waals surface area (Å²) < 4.78 is 0. The molecular weight excluding hydrogens is 298 g/mol. The highest BCUT2D eigenvalue weighted by atomic mass is 16.1. The number of Topliss-reactive ketones (excluding diaryl/α,β-unsaturated/α-hetero) is 1. The fourth-order valence-electron chi connectivity index (χ4n) is 3.61. The first-order chi connectivity index (χ1) is 11.5. The van der Waals surface area contributed by atoms with Crippen LogP contribution in [-0.2, 0) is 0 Å². The number of benzene rings is 1. The SMILES string of the molecule is CC(C)(C=N)CCC1(C(=O)c2cc3ccccc3[nH]2)CCNCC1. The molecule has 1 fully saturated rings. The zero-order chi connectivity index (χ0) is 17.2. The quantitative estimate of drug-likeness (QED) is 0.551. The number of carbonyl (C=O) groups excluding carboxylic acids is 1. The Balaban J connectivity index is 1.89. The van der Waals surface area contributed by atoms with Crippen LogP contribution in [0.1, 0.15) is 50.0 Å². The van der Waals surface area contributed by atoms with Gasteiger partial charge in [-0.15, -0.1) is 0 Å². The summed E-state index contributed by atoms with van der Waals surface area (Å²) in [7, 11) is 0. The van der Waals surface area contributed by atoms with Crippen molar-refractivity contribution in [2.75, 3.05) is 13.1 Å². The predicted molar refractivity (Wildman–Crippen MR) is 99.0 cm³/mol. The Morgan fingerprint density at radius 3 is 2.67 bits per heavy atom. The average molecular weight is 325 g/mol. The van der Waals surface area contributed by atoms with Crippen molar-refractivity contribution in [3.63, 3.8) is 0 Å². The van der Waals surface area contributed by atoms with Crippen LogP contribution in [0.4, 0.5) is 0 Å². The van der Waals surface area contributed by atoms with Crippen LogP contribution in [0.2, 0.25) is 0 Å². The van der Waals surface area contributed by atoms with Crippen molar-refractivity contribution in [1.82, 2.24) is 10.3 Å². The second kappa shape index (κ2) is 6.52. The molecule has 0 unspecified atom stereocenters. The number of rotatable bonds is 6. The Labute approximate surface area is 143 Å². The van der Waals surface area contributed by atoms with Gasteiger partial charge >= 0.3 is 0 Å². The number of aromatic amines is 1. The second-order valence-corrected chi connectivity index (χ2v) is 7.76. The molecule has 0 aliphatic carbocycles. The van der Waals surface area contributed by atoms with E-state index in [9.17, 15) is 4.79 Å². The molecule has 0 bridgehead atoms. The summed E-state index contributed by atoms with van der Waals surface area (Å²) in [5, 5.41) is 12.1. The summed E-state index contributed by atoms with van der Waals surface area (Å²) in [5.74, 6) is 0.237. The van der Waals surface area contributed by atoms with Crippen molar-refractivity contribution in [1.29, 1.82) is 5.41 Å². The molecule has 1 aromatic heterocycles. The molecule has 0 amide bonds. The highest BCUT2D eigenvalue weighted by molar-refractivity contribution is 6.03. The van der Waals surface area contributed by atoms with E-state index < -0.39 is 0 Å². The number of fused-ring (bicyclic) bond motifs is 1. The van der Waals surface area contributed by atoms with Crippen LogP contribution < -0.4 is 5.32 Å². The third-order valence-electron chi connectivity index (χ3n) is 5.46.